The van der Waals surface area contributed by atoms with E-state index in [1.54, 1.807) is 13.3 Å². The summed E-state index contributed by atoms with van der Waals surface area (Å²) in [5.74, 6) is 1.31. The molecule has 0 saturated heterocycles. The van der Waals surface area contributed by atoms with Gasteiger partial charge in [-0.05, 0) is 29.8 Å². The normalized spacial score (nSPS) is 9.91. The van der Waals surface area contributed by atoms with Gasteiger partial charge in [0.25, 0.3) is 0 Å². The first-order valence-corrected chi connectivity index (χ1v) is 6.84. The summed E-state index contributed by atoms with van der Waals surface area (Å²) in [5.41, 5.74) is 2.10. The Kier molecular flexibility index (Phi) is 8.28. The molecule has 22 heavy (non-hydrogen) atoms. The number of methoxy groups -OCH3 is 1. The molecule has 120 valence electrons. The van der Waals surface area contributed by atoms with Gasteiger partial charge in [-0.2, -0.15) is 0 Å². The van der Waals surface area contributed by atoms with Crippen molar-refractivity contribution < 1.29 is 14.6 Å². The van der Waals surface area contributed by atoms with Crippen molar-refractivity contribution in [2.75, 3.05) is 20.3 Å². The molecule has 0 amide bonds. The summed E-state index contributed by atoms with van der Waals surface area (Å²) < 4.78 is 10.7. The van der Waals surface area contributed by atoms with Crippen LogP contribution >= 0.6 is 12.4 Å². The summed E-state index contributed by atoms with van der Waals surface area (Å²) in [4.78, 5) is 4.26. The predicted octanol–water partition coefficient (Wildman–Crippen LogP) is 2.17. The smallest absolute Gasteiger partial charge is 0.161 e. The molecule has 2 aromatic rings. The lowest BCUT2D eigenvalue weighted by Gasteiger charge is -2.12. The van der Waals surface area contributed by atoms with Crippen molar-refractivity contribution in [3.63, 3.8) is 0 Å². The van der Waals surface area contributed by atoms with E-state index in [0.29, 0.717) is 24.6 Å². The number of rotatable bonds is 8. The third-order valence-electron chi connectivity index (χ3n) is 2.94. The van der Waals surface area contributed by atoms with Crippen LogP contribution in [0.25, 0.3) is 0 Å². The van der Waals surface area contributed by atoms with Crippen LogP contribution in [0.5, 0.6) is 11.5 Å². The van der Waals surface area contributed by atoms with Crippen molar-refractivity contribution in [3.8, 4) is 11.5 Å². The van der Waals surface area contributed by atoms with Crippen molar-refractivity contribution in [1.82, 2.24) is 10.3 Å². The molecule has 0 fully saturated rings. The Morgan fingerprint density at radius 3 is 2.68 bits per heavy atom. The average molecular weight is 325 g/mol. The van der Waals surface area contributed by atoms with Gasteiger partial charge in [0.2, 0.25) is 0 Å². The Hall–Kier alpha value is -1.82. The van der Waals surface area contributed by atoms with Crippen LogP contribution < -0.4 is 14.8 Å². The third kappa shape index (κ3) is 5.52. The highest BCUT2D eigenvalue weighted by Gasteiger charge is 2.05. The Balaban J connectivity index is 0.00000242. The monoisotopic (exact) mass is 324 g/mol. The van der Waals surface area contributed by atoms with Crippen LogP contribution in [0.4, 0.5) is 0 Å². The van der Waals surface area contributed by atoms with Gasteiger partial charge in [-0.15, -0.1) is 12.4 Å². The number of aliphatic hydroxyl groups excluding tert-OH is 1. The molecule has 0 bridgehead atoms. The fourth-order valence-electron chi connectivity index (χ4n) is 1.93. The summed E-state index contributed by atoms with van der Waals surface area (Å²) >= 11 is 0. The summed E-state index contributed by atoms with van der Waals surface area (Å²) in [6.45, 7) is 1.67. The minimum atomic E-state index is -0.0173. The molecular weight excluding hydrogens is 304 g/mol. The van der Waals surface area contributed by atoms with Gasteiger partial charge in [-0.3, -0.25) is 4.98 Å². The number of aliphatic hydroxyl groups is 1. The quantitative estimate of drug-likeness (QED) is 0.779. The fraction of sp³-hybridized carbons (Fsp3) is 0.312. The Labute approximate surface area is 136 Å². The van der Waals surface area contributed by atoms with E-state index in [9.17, 15) is 0 Å². The van der Waals surface area contributed by atoms with Crippen LogP contribution in [0.15, 0.2) is 42.6 Å². The van der Waals surface area contributed by atoms with Crippen molar-refractivity contribution >= 4 is 12.4 Å². The predicted molar refractivity (Wildman–Crippen MR) is 87.6 cm³/mol. The molecule has 2 N–H and O–H groups in total. The first-order chi connectivity index (χ1) is 10.3. The molecule has 0 unspecified atom stereocenters. The molecule has 1 aromatic heterocycles. The summed E-state index contributed by atoms with van der Waals surface area (Å²) in [6, 6.07) is 11.6. The second kappa shape index (κ2) is 10.00. The van der Waals surface area contributed by atoms with Crippen LogP contribution in [-0.2, 0) is 13.1 Å². The number of nitrogens with one attached hydrogen (secondary N) is 1. The maximum absolute atomic E-state index is 8.79. The molecule has 2 rings (SSSR count). The van der Waals surface area contributed by atoms with Crippen LogP contribution in [0, 0.1) is 0 Å². The van der Waals surface area contributed by atoms with Crippen molar-refractivity contribution in [3.05, 3.63) is 53.9 Å². The summed E-state index contributed by atoms with van der Waals surface area (Å²) in [5, 5.41) is 12.1. The van der Waals surface area contributed by atoms with Crippen molar-refractivity contribution in [2.24, 2.45) is 0 Å². The number of benzene rings is 1. The SMILES string of the molecule is COc1cc(CNCc2ccccn2)ccc1OCCO.Cl. The lowest BCUT2D eigenvalue weighted by Crippen LogP contribution is -2.13. The van der Waals surface area contributed by atoms with Crippen LogP contribution in [0.2, 0.25) is 0 Å². The number of pyridine rings is 1. The number of aromatic nitrogens is 1. The average Bonchev–Trinajstić information content (AvgIpc) is 2.54. The number of halogens is 1. The molecule has 0 atom stereocenters. The Morgan fingerprint density at radius 2 is 2.00 bits per heavy atom. The van der Waals surface area contributed by atoms with Crippen LogP contribution in [-0.4, -0.2) is 30.4 Å². The van der Waals surface area contributed by atoms with Gasteiger partial charge >= 0.3 is 0 Å². The van der Waals surface area contributed by atoms with Crippen LogP contribution in [0.1, 0.15) is 11.3 Å². The topological polar surface area (TPSA) is 63.6 Å². The maximum atomic E-state index is 8.79. The molecule has 0 radical (unpaired) electrons. The van der Waals surface area contributed by atoms with E-state index >= 15 is 0 Å². The number of nitrogens with zero attached hydrogens (tertiary/aromatic N) is 1. The van der Waals surface area contributed by atoms with Gasteiger partial charge in [-0.1, -0.05) is 12.1 Å². The van der Waals surface area contributed by atoms with E-state index in [4.69, 9.17) is 14.6 Å². The first-order valence-electron chi connectivity index (χ1n) is 6.84. The second-order valence-corrected chi connectivity index (χ2v) is 4.48. The molecule has 0 spiro atoms. The minimum Gasteiger partial charge on any atom is -0.493 e. The number of ether oxygens (including phenoxy) is 2. The summed E-state index contributed by atoms with van der Waals surface area (Å²) in [7, 11) is 1.60. The molecule has 1 aromatic carbocycles. The molecule has 1 heterocycles. The summed E-state index contributed by atoms with van der Waals surface area (Å²) in [6.07, 6.45) is 1.79. The zero-order valence-corrected chi connectivity index (χ0v) is 13.3. The van der Waals surface area contributed by atoms with Gasteiger partial charge in [0.1, 0.15) is 6.61 Å². The minimum absolute atomic E-state index is 0. The molecule has 0 aliphatic rings. The lowest BCUT2D eigenvalue weighted by molar-refractivity contribution is 0.196. The molecule has 6 heteroatoms. The van der Waals surface area contributed by atoms with E-state index < -0.39 is 0 Å². The van der Waals surface area contributed by atoms with Crippen molar-refractivity contribution in [2.45, 2.75) is 13.1 Å². The Morgan fingerprint density at radius 1 is 1.14 bits per heavy atom. The van der Waals surface area contributed by atoms with E-state index in [0.717, 1.165) is 11.3 Å². The van der Waals surface area contributed by atoms with Gasteiger partial charge in [0.05, 0.1) is 19.4 Å². The highest BCUT2D eigenvalue weighted by atomic mass is 35.5. The lowest BCUT2D eigenvalue weighted by atomic mass is 10.2. The molecule has 0 aliphatic carbocycles. The largest absolute Gasteiger partial charge is 0.493 e. The molecule has 5 nitrogen and oxygen atoms in total. The van der Waals surface area contributed by atoms with Gasteiger partial charge < -0.3 is 19.9 Å². The molecule has 0 saturated carbocycles. The van der Waals surface area contributed by atoms with E-state index in [1.165, 1.54) is 0 Å². The third-order valence-corrected chi connectivity index (χ3v) is 2.94. The van der Waals surface area contributed by atoms with Crippen molar-refractivity contribution in [1.29, 1.82) is 0 Å². The van der Waals surface area contributed by atoms with Gasteiger partial charge in [-0.25, -0.2) is 0 Å². The molecule has 0 aliphatic heterocycles. The molecular formula is C16H21ClN2O3. The number of hydrogen-bond donors (Lipinski definition) is 2. The first kappa shape index (κ1) is 18.2. The highest BCUT2D eigenvalue weighted by molar-refractivity contribution is 5.85. The second-order valence-electron chi connectivity index (χ2n) is 4.48. The van der Waals surface area contributed by atoms with Gasteiger partial charge in [0.15, 0.2) is 11.5 Å². The van der Waals surface area contributed by atoms with E-state index in [2.05, 4.69) is 10.3 Å². The van der Waals surface area contributed by atoms with E-state index in [1.807, 2.05) is 36.4 Å². The Bertz CT molecular complexity index is 552. The highest BCUT2D eigenvalue weighted by Crippen LogP contribution is 2.27. The van der Waals surface area contributed by atoms with Crippen LogP contribution in [0.3, 0.4) is 0 Å². The van der Waals surface area contributed by atoms with Gasteiger partial charge in [0, 0.05) is 19.3 Å². The maximum Gasteiger partial charge on any atom is 0.161 e. The van der Waals surface area contributed by atoms with E-state index in [-0.39, 0.29) is 25.6 Å². The number of hydrogen-bond acceptors (Lipinski definition) is 5. The standard InChI is InChI=1S/C16H20N2O3.ClH/c1-20-16-10-13(5-6-15(16)21-9-8-19)11-17-12-14-4-2-3-7-18-14;/h2-7,10,17,19H,8-9,11-12H2,1H3;1H. The zero-order valence-electron chi connectivity index (χ0n) is 12.5. The zero-order chi connectivity index (χ0) is 14.9. The fourth-order valence-corrected chi connectivity index (χ4v) is 1.93.